The van der Waals surface area contributed by atoms with Crippen LogP contribution < -0.4 is 20.7 Å². The first-order valence-electron chi connectivity index (χ1n) is 7.67. The van der Waals surface area contributed by atoms with Crippen molar-refractivity contribution >= 4 is 42.1 Å². The third-order valence-corrected chi connectivity index (χ3v) is 4.50. The first-order valence-corrected chi connectivity index (χ1v) is 7.67. The van der Waals surface area contributed by atoms with Gasteiger partial charge in [-0.2, -0.15) is 0 Å². The van der Waals surface area contributed by atoms with Gasteiger partial charge in [-0.05, 0) is 37.0 Å². The smallest absolute Gasteiger partial charge is 0.224 e. The Labute approximate surface area is 149 Å². The third kappa shape index (κ3) is 4.66. The van der Waals surface area contributed by atoms with E-state index in [1.807, 2.05) is 25.2 Å². The second-order valence-corrected chi connectivity index (χ2v) is 6.06. The van der Waals surface area contributed by atoms with Gasteiger partial charge >= 0.3 is 0 Å². The highest BCUT2D eigenvalue weighted by atomic mass is 35.5. The predicted octanol–water partition coefficient (Wildman–Crippen LogP) is 2.81. The molecular weight excluding hydrogens is 337 g/mol. The lowest BCUT2D eigenvalue weighted by atomic mass is 10.00. The summed E-state index contributed by atoms with van der Waals surface area (Å²) in [5.41, 5.74) is 7.87. The minimum absolute atomic E-state index is 0. The van der Waals surface area contributed by atoms with Gasteiger partial charge < -0.3 is 20.7 Å². The number of anilines is 2. The predicted molar refractivity (Wildman–Crippen MR) is 98.3 cm³/mol. The van der Waals surface area contributed by atoms with Crippen molar-refractivity contribution in [3.63, 3.8) is 0 Å². The van der Waals surface area contributed by atoms with Crippen molar-refractivity contribution in [2.24, 2.45) is 11.7 Å². The van der Waals surface area contributed by atoms with Crippen LogP contribution in [0.15, 0.2) is 18.2 Å². The molecule has 2 atom stereocenters. The van der Waals surface area contributed by atoms with Crippen molar-refractivity contribution in [1.29, 1.82) is 0 Å². The van der Waals surface area contributed by atoms with Gasteiger partial charge in [0.2, 0.25) is 5.91 Å². The van der Waals surface area contributed by atoms with Gasteiger partial charge in [-0.15, -0.1) is 24.8 Å². The summed E-state index contributed by atoms with van der Waals surface area (Å²) in [6.07, 6.45) is 3.76. The number of amides is 1. The summed E-state index contributed by atoms with van der Waals surface area (Å²) in [7, 11) is 2.03. The number of hydrogen-bond acceptors (Lipinski definition) is 4. The van der Waals surface area contributed by atoms with Crippen LogP contribution in [-0.4, -0.2) is 32.1 Å². The zero-order chi connectivity index (χ0) is 14.8. The Hall–Kier alpha value is -1.17. The monoisotopic (exact) mass is 361 g/mol. The molecule has 1 heterocycles. The Morgan fingerprint density at radius 2 is 2.17 bits per heavy atom. The van der Waals surface area contributed by atoms with Crippen molar-refractivity contribution in [2.45, 2.75) is 31.7 Å². The summed E-state index contributed by atoms with van der Waals surface area (Å²) in [4.78, 5) is 14.3. The van der Waals surface area contributed by atoms with E-state index in [1.54, 1.807) is 0 Å². The molecule has 1 aromatic rings. The van der Waals surface area contributed by atoms with Gasteiger partial charge in [-0.25, -0.2) is 0 Å². The van der Waals surface area contributed by atoms with Gasteiger partial charge in [0, 0.05) is 25.2 Å². The van der Waals surface area contributed by atoms with Crippen molar-refractivity contribution < 1.29 is 9.53 Å². The Bertz CT molecular complexity index is 542. The number of nitrogens with zero attached hydrogens (tertiary/aromatic N) is 1. The largest absolute Gasteiger partial charge is 0.490 e. The number of ether oxygens (including phenoxy) is 1. The van der Waals surface area contributed by atoms with E-state index in [4.69, 9.17) is 10.5 Å². The number of nitrogens with two attached hydrogens (primary N) is 1. The molecule has 1 aliphatic heterocycles. The van der Waals surface area contributed by atoms with Crippen LogP contribution in [0.2, 0.25) is 0 Å². The Balaban J connectivity index is 0.00000132. The molecule has 23 heavy (non-hydrogen) atoms. The highest BCUT2D eigenvalue weighted by Crippen LogP contribution is 2.33. The molecule has 3 N–H and O–H groups in total. The molecule has 1 fully saturated rings. The second-order valence-electron chi connectivity index (χ2n) is 6.06. The lowest BCUT2D eigenvalue weighted by Gasteiger charge is -2.28. The van der Waals surface area contributed by atoms with E-state index in [0.29, 0.717) is 18.9 Å². The molecule has 2 aliphatic rings. The van der Waals surface area contributed by atoms with Crippen molar-refractivity contribution in [1.82, 2.24) is 0 Å². The van der Waals surface area contributed by atoms with Crippen LogP contribution in [0.25, 0.3) is 0 Å². The van der Waals surface area contributed by atoms with E-state index in [9.17, 15) is 4.79 Å². The molecule has 3 rings (SSSR count). The minimum atomic E-state index is 0. The molecule has 0 aromatic heterocycles. The fraction of sp³-hybridized carbons (Fsp3) is 0.562. The molecule has 0 radical (unpaired) electrons. The topological polar surface area (TPSA) is 67.6 Å². The maximum atomic E-state index is 12.2. The maximum Gasteiger partial charge on any atom is 0.224 e. The van der Waals surface area contributed by atoms with Gasteiger partial charge in [0.1, 0.15) is 12.4 Å². The molecule has 1 aliphatic carbocycles. The zero-order valence-electron chi connectivity index (χ0n) is 13.3. The lowest BCUT2D eigenvalue weighted by molar-refractivity contribution is -0.117. The molecule has 0 unspecified atom stereocenters. The molecular formula is C16H25Cl2N3O2. The normalized spacial score (nSPS) is 22.3. The van der Waals surface area contributed by atoms with Crippen molar-refractivity contribution in [2.75, 3.05) is 30.4 Å². The standard InChI is InChI=1S/C16H23N3O2.2ClH/c1-19-7-8-21-15-6-5-12(10-14(15)19)18-16(20)9-11-3-2-4-13(11)17;;/h5-6,10-11,13H,2-4,7-9,17H2,1H3,(H,18,20);2*1H/t11-,13+;;/m0../s1. The molecule has 1 saturated carbocycles. The summed E-state index contributed by atoms with van der Waals surface area (Å²) < 4.78 is 5.60. The number of hydrogen-bond donors (Lipinski definition) is 2. The number of benzene rings is 1. The molecule has 1 aromatic carbocycles. The van der Waals surface area contributed by atoms with E-state index in [-0.39, 0.29) is 36.8 Å². The molecule has 0 saturated heterocycles. The van der Waals surface area contributed by atoms with Gasteiger partial charge in [0.15, 0.2) is 0 Å². The number of carbonyl (C=O) groups excluding carboxylic acids is 1. The van der Waals surface area contributed by atoms with E-state index >= 15 is 0 Å². The first kappa shape index (κ1) is 19.9. The summed E-state index contributed by atoms with van der Waals surface area (Å²) in [5.74, 6) is 1.25. The van der Waals surface area contributed by atoms with Crippen molar-refractivity contribution in [3.8, 4) is 5.75 Å². The molecule has 1 amide bonds. The summed E-state index contributed by atoms with van der Waals surface area (Å²) in [6, 6.07) is 5.96. The highest BCUT2D eigenvalue weighted by Gasteiger charge is 2.26. The molecule has 0 spiro atoms. The lowest BCUT2D eigenvalue weighted by Crippen LogP contribution is -2.29. The number of halogens is 2. The van der Waals surface area contributed by atoms with Crippen LogP contribution in [0, 0.1) is 5.92 Å². The molecule has 5 nitrogen and oxygen atoms in total. The first-order chi connectivity index (χ1) is 10.1. The molecule has 7 heteroatoms. The Morgan fingerprint density at radius 3 is 2.87 bits per heavy atom. The number of likely N-dealkylation sites (N-methyl/N-ethyl adjacent to an activating group) is 1. The quantitative estimate of drug-likeness (QED) is 0.868. The number of rotatable bonds is 3. The van der Waals surface area contributed by atoms with Crippen LogP contribution in [0.4, 0.5) is 11.4 Å². The Morgan fingerprint density at radius 1 is 1.39 bits per heavy atom. The van der Waals surface area contributed by atoms with Gasteiger partial charge in [-0.3, -0.25) is 4.79 Å². The number of fused-ring (bicyclic) bond motifs is 1. The average Bonchev–Trinajstić information content (AvgIpc) is 2.85. The van der Waals surface area contributed by atoms with E-state index in [2.05, 4.69) is 10.2 Å². The van der Waals surface area contributed by atoms with Crippen LogP contribution in [0.1, 0.15) is 25.7 Å². The highest BCUT2D eigenvalue weighted by molar-refractivity contribution is 5.91. The summed E-state index contributed by atoms with van der Waals surface area (Å²) in [5, 5.41) is 2.98. The minimum Gasteiger partial charge on any atom is -0.490 e. The molecule has 130 valence electrons. The fourth-order valence-corrected chi connectivity index (χ4v) is 3.20. The van der Waals surface area contributed by atoms with Crippen LogP contribution in [-0.2, 0) is 4.79 Å². The summed E-state index contributed by atoms with van der Waals surface area (Å²) >= 11 is 0. The van der Waals surface area contributed by atoms with Crippen molar-refractivity contribution in [3.05, 3.63) is 18.2 Å². The van der Waals surface area contributed by atoms with E-state index in [1.165, 1.54) is 0 Å². The average molecular weight is 362 g/mol. The number of carbonyl (C=O) groups is 1. The Kier molecular flexibility index (Phi) is 7.45. The summed E-state index contributed by atoms with van der Waals surface area (Å²) in [6.45, 7) is 1.57. The SMILES string of the molecule is CN1CCOc2ccc(NC(=O)C[C@@H]3CCC[C@H]3N)cc21.Cl.Cl. The number of nitrogens with one attached hydrogen (secondary N) is 1. The molecule has 0 bridgehead atoms. The third-order valence-electron chi connectivity index (χ3n) is 4.50. The zero-order valence-corrected chi connectivity index (χ0v) is 14.9. The fourth-order valence-electron chi connectivity index (χ4n) is 3.20. The van der Waals surface area contributed by atoms with Crippen LogP contribution in [0.3, 0.4) is 0 Å². The van der Waals surface area contributed by atoms with E-state index in [0.717, 1.165) is 42.9 Å². The second kappa shape index (κ2) is 8.62. The van der Waals surface area contributed by atoms with Gasteiger partial charge in [0.25, 0.3) is 0 Å². The maximum absolute atomic E-state index is 12.2. The van der Waals surface area contributed by atoms with Gasteiger partial charge in [-0.1, -0.05) is 6.42 Å². The van der Waals surface area contributed by atoms with Crippen LogP contribution in [0.5, 0.6) is 5.75 Å². The van der Waals surface area contributed by atoms with E-state index < -0.39 is 0 Å². The van der Waals surface area contributed by atoms with Gasteiger partial charge in [0.05, 0.1) is 12.2 Å². The van der Waals surface area contributed by atoms with Crippen LogP contribution >= 0.6 is 24.8 Å².